The fraction of sp³-hybridized carbons (Fsp3) is 0.263. The Bertz CT molecular complexity index is 965. The summed E-state index contributed by atoms with van der Waals surface area (Å²) in [5, 5.41) is 2.51. The second kappa shape index (κ2) is 7.90. The molecule has 0 saturated carbocycles. The minimum absolute atomic E-state index is 0.0656. The number of amides is 2. The van der Waals surface area contributed by atoms with Crippen LogP contribution in [0.2, 0.25) is 5.02 Å². The number of nitrogens with zero attached hydrogens (tertiary/aromatic N) is 1. The van der Waals surface area contributed by atoms with Crippen LogP contribution in [0.5, 0.6) is 5.75 Å². The monoisotopic (exact) mass is 430 g/mol. The number of anilines is 2. The maximum Gasteiger partial charge on any atom is 0.418 e. The molecule has 2 aromatic carbocycles. The van der Waals surface area contributed by atoms with Crippen LogP contribution in [0.1, 0.15) is 12.0 Å². The van der Waals surface area contributed by atoms with E-state index in [1.807, 2.05) is 0 Å². The zero-order valence-corrected chi connectivity index (χ0v) is 15.8. The number of ether oxygens (including phenoxy) is 1. The number of benzene rings is 2. The average molecular weight is 431 g/mol. The van der Waals surface area contributed by atoms with E-state index in [2.05, 4.69) is 5.32 Å². The Morgan fingerprint density at radius 2 is 1.97 bits per heavy atom. The predicted octanol–water partition coefficient (Wildman–Crippen LogP) is 4.50. The first-order valence-electron chi connectivity index (χ1n) is 8.41. The first-order chi connectivity index (χ1) is 13.6. The van der Waals surface area contributed by atoms with Gasteiger partial charge in [-0.05, 0) is 36.4 Å². The number of hydrogen-bond acceptors (Lipinski definition) is 3. The third kappa shape index (κ3) is 4.45. The van der Waals surface area contributed by atoms with Crippen molar-refractivity contribution in [3.63, 3.8) is 0 Å². The van der Waals surface area contributed by atoms with E-state index in [4.69, 9.17) is 16.3 Å². The molecule has 29 heavy (non-hydrogen) atoms. The normalized spacial score (nSPS) is 16.8. The molecule has 1 fully saturated rings. The second-order valence-corrected chi connectivity index (χ2v) is 6.83. The van der Waals surface area contributed by atoms with E-state index in [-0.39, 0.29) is 13.0 Å². The number of rotatable bonds is 4. The molecule has 5 nitrogen and oxygen atoms in total. The lowest BCUT2D eigenvalue weighted by Crippen LogP contribution is -2.29. The van der Waals surface area contributed by atoms with Gasteiger partial charge in [-0.1, -0.05) is 11.6 Å². The molecule has 1 N–H and O–H groups in total. The first-order valence-corrected chi connectivity index (χ1v) is 8.79. The Hall–Kier alpha value is -2.81. The van der Waals surface area contributed by atoms with Crippen molar-refractivity contribution < 1.29 is 31.9 Å². The standard InChI is InChI=1S/C19H15ClF4N2O3/c1-29-16-5-2-11(20)7-15(16)26-9-10(6-17(26)27)18(28)25-14-4-3-12(21)8-13(14)19(22,23)24/h2-5,7-8,10H,6,9H2,1H3,(H,25,28). The summed E-state index contributed by atoms with van der Waals surface area (Å²) < 4.78 is 57.8. The van der Waals surface area contributed by atoms with Gasteiger partial charge < -0.3 is 15.0 Å². The van der Waals surface area contributed by atoms with E-state index in [0.29, 0.717) is 22.5 Å². The number of nitrogens with one attached hydrogen (secondary N) is 1. The lowest BCUT2D eigenvalue weighted by molar-refractivity contribution is -0.137. The molecule has 0 aromatic heterocycles. The molecule has 1 atom stereocenters. The number of hydrogen-bond donors (Lipinski definition) is 1. The van der Waals surface area contributed by atoms with Crippen LogP contribution in [-0.4, -0.2) is 25.5 Å². The van der Waals surface area contributed by atoms with Crippen LogP contribution in [0, 0.1) is 11.7 Å². The smallest absolute Gasteiger partial charge is 0.418 e. The minimum atomic E-state index is -4.85. The third-order valence-electron chi connectivity index (χ3n) is 4.47. The molecule has 1 aliphatic heterocycles. The van der Waals surface area contributed by atoms with E-state index in [1.54, 1.807) is 12.1 Å². The van der Waals surface area contributed by atoms with Crippen LogP contribution in [-0.2, 0) is 15.8 Å². The second-order valence-electron chi connectivity index (χ2n) is 6.40. The van der Waals surface area contributed by atoms with Crippen molar-refractivity contribution in [1.29, 1.82) is 0 Å². The highest BCUT2D eigenvalue weighted by molar-refractivity contribution is 6.31. The van der Waals surface area contributed by atoms with E-state index in [9.17, 15) is 27.2 Å². The lowest BCUT2D eigenvalue weighted by Gasteiger charge is -2.20. The van der Waals surface area contributed by atoms with Crippen molar-refractivity contribution in [1.82, 2.24) is 0 Å². The Labute approximate surface area is 168 Å². The van der Waals surface area contributed by atoms with Crippen LogP contribution in [0.25, 0.3) is 0 Å². The van der Waals surface area contributed by atoms with Gasteiger partial charge in [0, 0.05) is 18.0 Å². The van der Waals surface area contributed by atoms with Crippen molar-refractivity contribution in [3.8, 4) is 5.75 Å². The van der Waals surface area contributed by atoms with Gasteiger partial charge in [0.1, 0.15) is 11.6 Å². The summed E-state index contributed by atoms with van der Waals surface area (Å²) in [5.41, 5.74) is -1.52. The third-order valence-corrected chi connectivity index (χ3v) is 4.71. The largest absolute Gasteiger partial charge is 0.495 e. The van der Waals surface area contributed by atoms with E-state index in [0.717, 1.165) is 12.1 Å². The van der Waals surface area contributed by atoms with Gasteiger partial charge in [-0.3, -0.25) is 9.59 Å². The van der Waals surface area contributed by atoms with Crippen LogP contribution >= 0.6 is 11.6 Å². The summed E-state index contributed by atoms with van der Waals surface area (Å²) in [5.74, 6) is -2.80. The molecule has 154 valence electrons. The van der Waals surface area contributed by atoms with E-state index < -0.39 is 41.0 Å². The molecule has 0 spiro atoms. The number of alkyl halides is 3. The summed E-state index contributed by atoms with van der Waals surface area (Å²) >= 11 is 5.97. The van der Waals surface area contributed by atoms with Gasteiger partial charge in [0.05, 0.1) is 30.0 Å². The molecule has 3 rings (SSSR count). The zero-order valence-electron chi connectivity index (χ0n) is 15.0. The van der Waals surface area contributed by atoms with Crippen molar-refractivity contribution in [2.45, 2.75) is 12.6 Å². The number of halogens is 5. The van der Waals surface area contributed by atoms with Gasteiger partial charge in [0.2, 0.25) is 11.8 Å². The average Bonchev–Trinajstić information content (AvgIpc) is 3.04. The number of carbonyl (C=O) groups excluding carboxylic acids is 2. The summed E-state index contributed by atoms with van der Waals surface area (Å²) in [6.45, 7) is -0.0656. The molecule has 1 aliphatic rings. The van der Waals surface area contributed by atoms with Crippen molar-refractivity contribution in [3.05, 3.63) is 52.8 Å². The summed E-state index contributed by atoms with van der Waals surface area (Å²) in [4.78, 5) is 26.2. The number of carbonyl (C=O) groups is 2. The molecule has 1 heterocycles. The highest BCUT2D eigenvalue weighted by Crippen LogP contribution is 2.37. The molecule has 10 heteroatoms. The summed E-state index contributed by atoms with van der Waals surface area (Å²) in [6.07, 6.45) is -5.06. The number of methoxy groups -OCH3 is 1. The summed E-state index contributed by atoms with van der Waals surface area (Å²) in [6, 6.07) is 6.59. The van der Waals surface area contributed by atoms with Gasteiger partial charge in [-0.25, -0.2) is 4.39 Å². The van der Waals surface area contributed by atoms with Gasteiger partial charge in [-0.15, -0.1) is 0 Å². The maximum atomic E-state index is 13.2. The van der Waals surface area contributed by atoms with Crippen LogP contribution < -0.4 is 15.0 Å². The van der Waals surface area contributed by atoms with Gasteiger partial charge >= 0.3 is 6.18 Å². The maximum absolute atomic E-state index is 13.2. The molecule has 2 amide bonds. The van der Waals surface area contributed by atoms with Crippen molar-refractivity contribution in [2.75, 3.05) is 23.9 Å². The summed E-state index contributed by atoms with van der Waals surface area (Å²) in [7, 11) is 1.41. The first kappa shape index (κ1) is 20.9. The fourth-order valence-electron chi connectivity index (χ4n) is 3.08. The Balaban J connectivity index is 1.81. The van der Waals surface area contributed by atoms with Crippen molar-refractivity contribution >= 4 is 34.8 Å². The quantitative estimate of drug-likeness (QED) is 0.727. The molecule has 0 radical (unpaired) electrons. The Morgan fingerprint density at radius 3 is 2.62 bits per heavy atom. The van der Waals surface area contributed by atoms with Gasteiger partial charge in [-0.2, -0.15) is 13.2 Å². The molecule has 2 aromatic rings. The minimum Gasteiger partial charge on any atom is -0.495 e. The van der Waals surface area contributed by atoms with Crippen LogP contribution in [0.4, 0.5) is 28.9 Å². The molecule has 1 saturated heterocycles. The Kier molecular flexibility index (Phi) is 5.70. The van der Waals surface area contributed by atoms with Crippen LogP contribution in [0.15, 0.2) is 36.4 Å². The molecule has 0 aliphatic carbocycles. The van der Waals surface area contributed by atoms with Crippen molar-refractivity contribution in [2.24, 2.45) is 5.92 Å². The van der Waals surface area contributed by atoms with Gasteiger partial charge in [0.15, 0.2) is 0 Å². The molecular weight excluding hydrogens is 416 g/mol. The van der Waals surface area contributed by atoms with Crippen LogP contribution in [0.3, 0.4) is 0 Å². The predicted molar refractivity (Wildman–Crippen MR) is 98.5 cm³/mol. The van der Waals surface area contributed by atoms with Gasteiger partial charge in [0.25, 0.3) is 0 Å². The van der Waals surface area contributed by atoms with E-state index >= 15 is 0 Å². The molecular formula is C19H15ClF4N2O3. The molecule has 1 unspecified atom stereocenters. The van der Waals surface area contributed by atoms with E-state index in [1.165, 1.54) is 18.1 Å². The highest BCUT2D eigenvalue weighted by atomic mass is 35.5. The fourth-order valence-corrected chi connectivity index (χ4v) is 3.25. The SMILES string of the molecule is COc1ccc(Cl)cc1N1CC(C(=O)Nc2ccc(F)cc2C(F)(F)F)CC1=O. The zero-order chi connectivity index (χ0) is 21.3. The lowest BCUT2D eigenvalue weighted by atomic mass is 10.1. The Morgan fingerprint density at radius 1 is 1.24 bits per heavy atom. The topological polar surface area (TPSA) is 58.6 Å². The molecule has 0 bridgehead atoms. The highest BCUT2D eigenvalue weighted by Gasteiger charge is 2.38.